The molecule has 1 aromatic rings. The monoisotopic (exact) mass is 288 g/mol. The molecule has 0 aliphatic heterocycles. The summed E-state index contributed by atoms with van der Waals surface area (Å²) in [6, 6.07) is 6.22. The SMILES string of the molecule is CCCNC(CCN(C)C)c1ccc(Cl)c(Cl)c1. The van der Waals surface area contributed by atoms with Crippen LogP contribution in [-0.4, -0.2) is 32.1 Å². The van der Waals surface area contributed by atoms with Crippen molar-refractivity contribution in [2.45, 2.75) is 25.8 Å². The topological polar surface area (TPSA) is 15.3 Å². The molecule has 102 valence electrons. The highest BCUT2D eigenvalue weighted by Gasteiger charge is 2.12. The summed E-state index contributed by atoms with van der Waals surface area (Å²) in [7, 11) is 4.18. The minimum atomic E-state index is 0.335. The largest absolute Gasteiger partial charge is 0.310 e. The van der Waals surface area contributed by atoms with Gasteiger partial charge in [0.1, 0.15) is 0 Å². The van der Waals surface area contributed by atoms with Crippen LogP contribution < -0.4 is 5.32 Å². The molecule has 2 nitrogen and oxygen atoms in total. The second-order valence-electron chi connectivity index (χ2n) is 4.77. The molecule has 0 saturated carbocycles. The highest BCUT2D eigenvalue weighted by Crippen LogP contribution is 2.27. The fourth-order valence-corrected chi connectivity index (χ4v) is 2.13. The summed E-state index contributed by atoms with van der Waals surface area (Å²) in [6.45, 7) is 4.23. The van der Waals surface area contributed by atoms with E-state index in [4.69, 9.17) is 23.2 Å². The molecular formula is C14H22Cl2N2. The molecule has 1 atom stereocenters. The number of nitrogens with one attached hydrogen (secondary N) is 1. The van der Waals surface area contributed by atoms with Crippen LogP contribution in [0.4, 0.5) is 0 Å². The molecule has 0 fully saturated rings. The molecule has 0 radical (unpaired) electrons. The zero-order valence-electron chi connectivity index (χ0n) is 11.3. The summed E-state index contributed by atoms with van der Waals surface area (Å²) in [6.07, 6.45) is 2.19. The summed E-state index contributed by atoms with van der Waals surface area (Å²) >= 11 is 12.0. The molecule has 1 rings (SSSR count). The Balaban J connectivity index is 2.76. The molecule has 1 unspecified atom stereocenters. The first-order chi connectivity index (χ1) is 8.54. The molecule has 0 aliphatic carbocycles. The first-order valence-electron chi connectivity index (χ1n) is 6.37. The van der Waals surface area contributed by atoms with Gasteiger partial charge in [-0.3, -0.25) is 0 Å². The van der Waals surface area contributed by atoms with Crippen molar-refractivity contribution in [2.24, 2.45) is 0 Å². The lowest BCUT2D eigenvalue weighted by Gasteiger charge is -2.21. The van der Waals surface area contributed by atoms with E-state index in [1.807, 2.05) is 12.1 Å². The number of hydrogen-bond acceptors (Lipinski definition) is 2. The first-order valence-corrected chi connectivity index (χ1v) is 7.13. The van der Waals surface area contributed by atoms with Crippen molar-refractivity contribution in [1.82, 2.24) is 10.2 Å². The molecule has 0 aromatic heterocycles. The van der Waals surface area contributed by atoms with Crippen LogP contribution in [0.25, 0.3) is 0 Å². The van der Waals surface area contributed by atoms with Gasteiger partial charge in [0, 0.05) is 6.04 Å². The molecular weight excluding hydrogens is 267 g/mol. The second kappa shape index (κ2) is 8.00. The van der Waals surface area contributed by atoms with E-state index in [9.17, 15) is 0 Å². The van der Waals surface area contributed by atoms with Crippen molar-refractivity contribution in [3.63, 3.8) is 0 Å². The Morgan fingerprint density at radius 2 is 1.94 bits per heavy atom. The normalized spacial score (nSPS) is 13.0. The third-order valence-corrected chi connectivity index (χ3v) is 3.59. The molecule has 0 aliphatic rings. The molecule has 0 spiro atoms. The molecule has 18 heavy (non-hydrogen) atoms. The molecule has 1 aromatic carbocycles. The van der Waals surface area contributed by atoms with Gasteiger partial charge in [-0.25, -0.2) is 0 Å². The van der Waals surface area contributed by atoms with E-state index in [2.05, 4.69) is 37.3 Å². The van der Waals surface area contributed by atoms with E-state index in [1.165, 1.54) is 5.56 Å². The fraction of sp³-hybridized carbons (Fsp3) is 0.571. The van der Waals surface area contributed by atoms with Crippen molar-refractivity contribution in [3.05, 3.63) is 33.8 Å². The first kappa shape index (κ1) is 15.8. The van der Waals surface area contributed by atoms with Gasteiger partial charge in [-0.1, -0.05) is 36.2 Å². The van der Waals surface area contributed by atoms with E-state index in [0.29, 0.717) is 16.1 Å². The summed E-state index contributed by atoms with van der Waals surface area (Å²) in [5.74, 6) is 0. The average molecular weight is 289 g/mol. The number of hydrogen-bond donors (Lipinski definition) is 1. The summed E-state index contributed by atoms with van der Waals surface area (Å²) in [4.78, 5) is 2.19. The van der Waals surface area contributed by atoms with Gasteiger partial charge in [-0.15, -0.1) is 0 Å². The van der Waals surface area contributed by atoms with Gasteiger partial charge in [0.2, 0.25) is 0 Å². The standard InChI is InChI=1S/C14H22Cl2N2/c1-4-8-17-14(7-9-18(2)3)11-5-6-12(15)13(16)10-11/h5-6,10,14,17H,4,7-9H2,1-3H3. The molecule has 1 N–H and O–H groups in total. The Morgan fingerprint density at radius 3 is 2.50 bits per heavy atom. The van der Waals surface area contributed by atoms with Gasteiger partial charge < -0.3 is 10.2 Å². The Labute approximate surface area is 120 Å². The highest BCUT2D eigenvalue weighted by molar-refractivity contribution is 6.42. The smallest absolute Gasteiger partial charge is 0.0595 e. The molecule has 4 heteroatoms. The minimum absolute atomic E-state index is 0.335. The Kier molecular flexibility index (Phi) is 7.02. The number of halogens is 2. The molecule has 0 amide bonds. The Bertz CT molecular complexity index is 367. The van der Waals surface area contributed by atoms with Gasteiger partial charge in [0.15, 0.2) is 0 Å². The highest BCUT2D eigenvalue weighted by atomic mass is 35.5. The van der Waals surface area contributed by atoms with E-state index in [0.717, 1.165) is 25.9 Å². The van der Waals surface area contributed by atoms with Crippen LogP contribution in [0.1, 0.15) is 31.4 Å². The van der Waals surface area contributed by atoms with Gasteiger partial charge in [0.25, 0.3) is 0 Å². The van der Waals surface area contributed by atoms with Crippen molar-refractivity contribution >= 4 is 23.2 Å². The summed E-state index contributed by atoms with van der Waals surface area (Å²) < 4.78 is 0. The third kappa shape index (κ3) is 5.15. The maximum atomic E-state index is 6.08. The lowest BCUT2D eigenvalue weighted by molar-refractivity contribution is 0.361. The van der Waals surface area contributed by atoms with Crippen LogP contribution in [-0.2, 0) is 0 Å². The lowest BCUT2D eigenvalue weighted by atomic mass is 10.0. The predicted octanol–water partition coefficient (Wildman–Crippen LogP) is 3.99. The van der Waals surface area contributed by atoms with Crippen molar-refractivity contribution in [1.29, 1.82) is 0 Å². The number of benzene rings is 1. The maximum Gasteiger partial charge on any atom is 0.0595 e. The van der Waals surface area contributed by atoms with E-state index >= 15 is 0 Å². The van der Waals surface area contributed by atoms with Crippen LogP contribution in [0, 0.1) is 0 Å². The van der Waals surface area contributed by atoms with Crippen LogP contribution in [0.15, 0.2) is 18.2 Å². The maximum absolute atomic E-state index is 6.08. The quantitative estimate of drug-likeness (QED) is 0.816. The van der Waals surface area contributed by atoms with Crippen LogP contribution in [0.5, 0.6) is 0 Å². The van der Waals surface area contributed by atoms with Crippen molar-refractivity contribution in [3.8, 4) is 0 Å². The van der Waals surface area contributed by atoms with E-state index in [1.54, 1.807) is 0 Å². The second-order valence-corrected chi connectivity index (χ2v) is 5.59. The van der Waals surface area contributed by atoms with Crippen LogP contribution in [0.2, 0.25) is 10.0 Å². The zero-order chi connectivity index (χ0) is 13.5. The van der Waals surface area contributed by atoms with E-state index in [-0.39, 0.29) is 0 Å². The predicted molar refractivity (Wildman–Crippen MR) is 80.7 cm³/mol. The van der Waals surface area contributed by atoms with Crippen LogP contribution >= 0.6 is 23.2 Å². The van der Waals surface area contributed by atoms with E-state index < -0.39 is 0 Å². The lowest BCUT2D eigenvalue weighted by Crippen LogP contribution is -2.26. The third-order valence-electron chi connectivity index (χ3n) is 2.85. The van der Waals surface area contributed by atoms with Crippen molar-refractivity contribution in [2.75, 3.05) is 27.2 Å². The van der Waals surface area contributed by atoms with Gasteiger partial charge in [0.05, 0.1) is 10.0 Å². The number of rotatable bonds is 7. The Morgan fingerprint density at radius 1 is 1.22 bits per heavy atom. The van der Waals surface area contributed by atoms with Gasteiger partial charge in [-0.2, -0.15) is 0 Å². The fourth-order valence-electron chi connectivity index (χ4n) is 1.82. The Hall–Kier alpha value is -0.280. The minimum Gasteiger partial charge on any atom is -0.310 e. The van der Waals surface area contributed by atoms with Gasteiger partial charge in [-0.05, 0) is 57.7 Å². The summed E-state index contributed by atoms with van der Waals surface area (Å²) in [5, 5.41) is 4.80. The summed E-state index contributed by atoms with van der Waals surface area (Å²) in [5.41, 5.74) is 1.21. The molecule has 0 heterocycles. The average Bonchev–Trinajstić information content (AvgIpc) is 2.33. The molecule has 0 saturated heterocycles. The van der Waals surface area contributed by atoms with Crippen LogP contribution in [0.3, 0.4) is 0 Å². The number of nitrogens with zero attached hydrogens (tertiary/aromatic N) is 1. The van der Waals surface area contributed by atoms with Crippen molar-refractivity contribution < 1.29 is 0 Å². The van der Waals surface area contributed by atoms with Gasteiger partial charge >= 0.3 is 0 Å². The molecule has 0 bridgehead atoms. The zero-order valence-corrected chi connectivity index (χ0v) is 12.9.